The lowest BCUT2D eigenvalue weighted by atomic mass is 9.60. The van der Waals surface area contributed by atoms with E-state index in [9.17, 15) is 15.0 Å². The fourth-order valence-electron chi connectivity index (χ4n) is 6.50. The van der Waals surface area contributed by atoms with Gasteiger partial charge in [0.15, 0.2) is 0 Å². The third kappa shape index (κ3) is 1.86. The molecule has 0 aromatic carbocycles. The van der Waals surface area contributed by atoms with E-state index >= 15 is 0 Å². The minimum Gasteiger partial charge on any atom is -0.390 e. The van der Waals surface area contributed by atoms with Gasteiger partial charge in [-0.15, -0.1) is 0 Å². The molecule has 5 rings (SSSR count). The maximum atomic E-state index is 12.5. The molecule has 3 fully saturated rings. The van der Waals surface area contributed by atoms with Crippen molar-refractivity contribution >= 4 is 5.78 Å². The number of allylic oxidation sites excluding steroid dienone is 1. The number of ether oxygens (including phenoxy) is 1. The van der Waals surface area contributed by atoms with Crippen LogP contribution < -0.4 is 0 Å². The van der Waals surface area contributed by atoms with Gasteiger partial charge in [-0.1, -0.05) is 33.4 Å². The maximum Gasteiger partial charge on any atom is 0.139 e. The van der Waals surface area contributed by atoms with Crippen LogP contribution in [0.5, 0.6) is 0 Å². The Balaban J connectivity index is 0.00000157. The zero-order chi connectivity index (χ0) is 16.9. The number of Topliss-reactive ketones (excluding diaryl/α,β-unsaturated/α-hetero) is 1. The normalized spacial score (nSPS) is 53.2. The summed E-state index contributed by atoms with van der Waals surface area (Å²) in [6.07, 6.45) is 7.60. The van der Waals surface area contributed by atoms with Crippen molar-refractivity contribution in [2.24, 2.45) is 17.3 Å². The van der Waals surface area contributed by atoms with Gasteiger partial charge in [-0.3, -0.25) is 4.79 Å². The summed E-state index contributed by atoms with van der Waals surface area (Å²) < 4.78 is 6.84. The van der Waals surface area contributed by atoms with E-state index in [1.807, 2.05) is 6.92 Å². The molecule has 2 spiro atoms. The first-order chi connectivity index (χ1) is 11.3. The molecule has 0 aromatic rings. The molecule has 0 radical (unpaired) electrons. The summed E-state index contributed by atoms with van der Waals surface area (Å²) in [6, 6.07) is 0. The number of carbonyl (C=O) groups is 1. The van der Waals surface area contributed by atoms with E-state index in [0.29, 0.717) is 12.2 Å². The van der Waals surface area contributed by atoms with Gasteiger partial charge in [0.2, 0.25) is 0 Å². The second-order valence-electron chi connectivity index (χ2n) is 9.00. The van der Waals surface area contributed by atoms with E-state index in [1.165, 1.54) is 0 Å². The Hall–Kier alpha value is -0.970. The molecule has 7 atom stereocenters. The topological polar surface area (TPSA) is 66.8 Å². The zero-order valence-corrected chi connectivity index (χ0v) is 14.4. The van der Waals surface area contributed by atoms with E-state index in [2.05, 4.69) is 19.1 Å². The molecule has 4 heteroatoms. The third-order valence-electron chi connectivity index (χ3n) is 7.86. The SMILES string of the molecule is C.C[C@H]1C[C@@]23CC[C@@]4(O2)C(=CC[C@]2(C)C(=O)CC[C@H]24)C=C3[C@@H](O)[C@@H]1O. The van der Waals surface area contributed by atoms with Gasteiger partial charge in [-0.2, -0.15) is 0 Å². The first kappa shape index (κ1) is 17.4. The van der Waals surface area contributed by atoms with Crippen LogP contribution in [0.15, 0.2) is 23.3 Å². The first-order valence-electron chi connectivity index (χ1n) is 9.35. The van der Waals surface area contributed by atoms with E-state index in [1.54, 1.807) is 0 Å². The number of fused-ring (bicyclic) bond motifs is 1. The van der Waals surface area contributed by atoms with Crippen molar-refractivity contribution in [3.05, 3.63) is 23.3 Å². The van der Waals surface area contributed by atoms with E-state index < -0.39 is 17.8 Å². The molecule has 3 aliphatic carbocycles. The lowest BCUT2D eigenvalue weighted by molar-refractivity contribution is -0.164. The maximum absolute atomic E-state index is 12.5. The summed E-state index contributed by atoms with van der Waals surface area (Å²) in [5, 5.41) is 21.0. The highest BCUT2D eigenvalue weighted by atomic mass is 16.5. The predicted octanol–water partition coefficient (Wildman–Crippen LogP) is 2.93. The van der Waals surface area contributed by atoms with Crippen LogP contribution in [-0.2, 0) is 9.53 Å². The Kier molecular flexibility index (Phi) is 3.53. The molecule has 5 aliphatic rings. The van der Waals surface area contributed by atoms with Gasteiger partial charge in [0.25, 0.3) is 0 Å². The predicted molar refractivity (Wildman–Crippen MR) is 94.9 cm³/mol. The molecule has 25 heavy (non-hydrogen) atoms. The van der Waals surface area contributed by atoms with Crippen molar-refractivity contribution in [1.29, 1.82) is 0 Å². The average molecular weight is 346 g/mol. The van der Waals surface area contributed by atoms with Gasteiger partial charge < -0.3 is 14.9 Å². The molecular weight excluding hydrogens is 316 g/mol. The first-order valence-corrected chi connectivity index (χ1v) is 9.35. The highest BCUT2D eigenvalue weighted by molar-refractivity contribution is 5.88. The van der Waals surface area contributed by atoms with Crippen LogP contribution >= 0.6 is 0 Å². The Bertz CT molecular complexity index is 694. The molecule has 2 saturated carbocycles. The van der Waals surface area contributed by atoms with E-state index in [0.717, 1.165) is 43.3 Å². The van der Waals surface area contributed by atoms with Gasteiger partial charge >= 0.3 is 0 Å². The minimum absolute atomic E-state index is 0. The van der Waals surface area contributed by atoms with Gasteiger partial charge in [-0.05, 0) is 49.2 Å². The van der Waals surface area contributed by atoms with Crippen molar-refractivity contribution in [3.8, 4) is 0 Å². The number of aliphatic hydroxyl groups is 2. The number of hydrogen-bond acceptors (Lipinski definition) is 4. The molecule has 0 aromatic heterocycles. The van der Waals surface area contributed by atoms with Crippen molar-refractivity contribution < 1.29 is 19.7 Å². The lowest BCUT2D eigenvalue weighted by Crippen LogP contribution is -2.58. The van der Waals surface area contributed by atoms with E-state index in [-0.39, 0.29) is 30.3 Å². The van der Waals surface area contributed by atoms with Crippen molar-refractivity contribution in [2.45, 2.75) is 83.2 Å². The van der Waals surface area contributed by atoms with Crippen LogP contribution in [-0.4, -0.2) is 39.4 Å². The van der Waals surface area contributed by atoms with Gasteiger partial charge in [-0.25, -0.2) is 0 Å². The smallest absolute Gasteiger partial charge is 0.139 e. The third-order valence-corrected chi connectivity index (χ3v) is 7.86. The standard InChI is InChI=1S/C20H26O4.CH4/c1-11-10-19-7-8-20(24-19)12(9-13(19)17(23)16(11)22)5-6-18(2)14(20)3-4-15(18)21;/h5,9,11,14,16-17,22-23H,3-4,6-8,10H2,1-2H3;1H4/t11-,14+,16+,17+,18-,19+,20+;/m0./s1. The highest BCUT2D eigenvalue weighted by Gasteiger charge is 2.67. The quantitative estimate of drug-likeness (QED) is 0.708. The van der Waals surface area contributed by atoms with Crippen molar-refractivity contribution in [3.63, 3.8) is 0 Å². The second kappa shape index (κ2) is 5.05. The number of rotatable bonds is 0. The van der Waals surface area contributed by atoms with E-state index in [4.69, 9.17) is 4.74 Å². The molecule has 2 heterocycles. The summed E-state index contributed by atoms with van der Waals surface area (Å²) in [5.74, 6) is 0.635. The average Bonchev–Trinajstić information content (AvgIpc) is 3.02. The van der Waals surface area contributed by atoms with Crippen LogP contribution in [0.4, 0.5) is 0 Å². The molecule has 2 bridgehead atoms. The van der Waals surface area contributed by atoms with Gasteiger partial charge in [0.05, 0.1) is 17.3 Å². The van der Waals surface area contributed by atoms with Crippen molar-refractivity contribution in [1.82, 2.24) is 0 Å². The molecular formula is C21H30O4. The summed E-state index contributed by atoms with van der Waals surface area (Å²) in [7, 11) is 0. The summed E-state index contributed by atoms with van der Waals surface area (Å²) in [6.45, 7) is 4.11. The fourth-order valence-corrected chi connectivity index (χ4v) is 6.50. The minimum atomic E-state index is -0.843. The van der Waals surface area contributed by atoms with Crippen LogP contribution in [0.1, 0.15) is 59.8 Å². The zero-order valence-electron chi connectivity index (χ0n) is 14.4. The van der Waals surface area contributed by atoms with Crippen molar-refractivity contribution in [2.75, 3.05) is 0 Å². The number of hydrogen-bond donors (Lipinski definition) is 2. The van der Waals surface area contributed by atoms with Crippen LogP contribution in [0.25, 0.3) is 0 Å². The van der Waals surface area contributed by atoms with Crippen LogP contribution in [0.2, 0.25) is 0 Å². The molecule has 1 saturated heterocycles. The highest BCUT2D eigenvalue weighted by Crippen LogP contribution is 2.65. The Morgan fingerprint density at radius 2 is 2.04 bits per heavy atom. The molecule has 2 aliphatic heterocycles. The number of ketones is 1. The number of carbonyl (C=O) groups excluding carboxylic acids is 1. The summed E-state index contributed by atoms with van der Waals surface area (Å²) in [4.78, 5) is 12.5. The monoisotopic (exact) mass is 346 g/mol. The molecule has 138 valence electrons. The second-order valence-corrected chi connectivity index (χ2v) is 9.00. The largest absolute Gasteiger partial charge is 0.390 e. The molecule has 0 amide bonds. The Labute approximate surface area is 149 Å². The lowest BCUT2D eigenvalue weighted by Gasteiger charge is -2.54. The van der Waals surface area contributed by atoms with Gasteiger partial charge in [0.1, 0.15) is 11.9 Å². The van der Waals surface area contributed by atoms with Gasteiger partial charge in [0, 0.05) is 17.8 Å². The molecule has 2 N–H and O–H groups in total. The molecule has 4 nitrogen and oxygen atoms in total. The van der Waals surface area contributed by atoms with Crippen LogP contribution in [0.3, 0.4) is 0 Å². The Morgan fingerprint density at radius 1 is 1.28 bits per heavy atom. The number of aliphatic hydroxyl groups excluding tert-OH is 2. The summed E-state index contributed by atoms with van der Waals surface area (Å²) >= 11 is 0. The summed E-state index contributed by atoms with van der Waals surface area (Å²) in [5.41, 5.74) is 0.909. The fraction of sp³-hybridized carbons (Fsp3) is 0.762. The Morgan fingerprint density at radius 3 is 2.80 bits per heavy atom. The van der Waals surface area contributed by atoms with Crippen LogP contribution in [0, 0.1) is 17.3 Å². The molecule has 0 unspecified atom stereocenters.